The lowest BCUT2D eigenvalue weighted by Crippen LogP contribution is -2.20. The zero-order valence-electron chi connectivity index (χ0n) is 15.7. The normalized spacial score (nSPS) is 10.5. The Labute approximate surface area is 176 Å². The van der Waals surface area contributed by atoms with Crippen molar-refractivity contribution >= 4 is 28.8 Å². The predicted molar refractivity (Wildman–Crippen MR) is 114 cm³/mol. The van der Waals surface area contributed by atoms with Crippen LogP contribution in [0.3, 0.4) is 0 Å². The number of hydrogen-bond donors (Lipinski definition) is 2. The largest absolute Gasteiger partial charge is 0.484 e. The van der Waals surface area contributed by atoms with Crippen LogP contribution in [0.25, 0.3) is 22.0 Å². The number of nitrogens with one attached hydrogen (secondary N) is 1. The lowest BCUT2D eigenvalue weighted by molar-refractivity contribution is -0.119. The Bertz CT molecular complexity index is 1150. The second-order valence-electron chi connectivity index (χ2n) is 6.27. The van der Waals surface area contributed by atoms with Crippen LogP contribution < -0.4 is 15.8 Å². The maximum absolute atomic E-state index is 13.0. The van der Waals surface area contributed by atoms with E-state index in [9.17, 15) is 9.59 Å². The lowest BCUT2D eigenvalue weighted by Gasteiger charge is -2.07. The highest BCUT2D eigenvalue weighted by Gasteiger charge is 2.21. The Hall–Kier alpha value is -3.91. The molecule has 0 aliphatic carbocycles. The average Bonchev–Trinajstić information content (AvgIpc) is 3.44. The molecule has 0 unspecified atom stereocenters. The number of nitrogens with two attached hydrogens (primary N) is 1. The second kappa shape index (κ2) is 8.62. The minimum absolute atomic E-state index is 0.206. The van der Waals surface area contributed by atoms with Crippen LogP contribution in [0.5, 0.6) is 5.75 Å². The van der Waals surface area contributed by atoms with Crippen LogP contribution in [0.2, 0.25) is 0 Å². The molecule has 0 radical (unpaired) electrons. The molecule has 0 fully saturated rings. The van der Waals surface area contributed by atoms with Gasteiger partial charge in [0.1, 0.15) is 10.6 Å². The van der Waals surface area contributed by atoms with E-state index >= 15 is 0 Å². The van der Waals surface area contributed by atoms with Crippen LogP contribution in [-0.2, 0) is 4.79 Å². The third-order valence-electron chi connectivity index (χ3n) is 4.11. The molecule has 0 atom stereocenters. The Balaban J connectivity index is 1.59. The molecule has 0 aliphatic heterocycles. The minimum Gasteiger partial charge on any atom is -0.484 e. The van der Waals surface area contributed by atoms with Crippen molar-refractivity contribution in [3.05, 3.63) is 77.9 Å². The van der Waals surface area contributed by atoms with Gasteiger partial charge < -0.3 is 20.2 Å². The topological polar surface area (TPSA) is 107 Å². The first kappa shape index (κ1) is 19.4. The van der Waals surface area contributed by atoms with Gasteiger partial charge in [-0.05, 0) is 36.4 Å². The van der Waals surface area contributed by atoms with E-state index in [2.05, 4.69) is 10.3 Å². The van der Waals surface area contributed by atoms with Gasteiger partial charge in [-0.2, -0.15) is 0 Å². The van der Waals surface area contributed by atoms with Crippen molar-refractivity contribution in [1.29, 1.82) is 0 Å². The van der Waals surface area contributed by atoms with E-state index in [4.69, 9.17) is 14.9 Å². The van der Waals surface area contributed by atoms with Crippen LogP contribution in [0.1, 0.15) is 9.67 Å². The summed E-state index contributed by atoms with van der Waals surface area (Å²) in [6, 6.07) is 19.8. The quantitative estimate of drug-likeness (QED) is 0.467. The Morgan fingerprint density at radius 2 is 1.80 bits per heavy atom. The number of aromatic nitrogens is 1. The molecule has 30 heavy (non-hydrogen) atoms. The van der Waals surface area contributed by atoms with Crippen molar-refractivity contribution < 1.29 is 18.7 Å². The van der Waals surface area contributed by atoms with Crippen molar-refractivity contribution in [2.75, 3.05) is 11.9 Å². The van der Waals surface area contributed by atoms with E-state index < -0.39 is 5.91 Å². The third kappa shape index (κ3) is 4.39. The average molecular weight is 419 g/mol. The minimum atomic E-state index is -0.557. The van der Waals surface area contributed by atoms with Gasteiger partial charge >= 0.3 is 0 Å². The molecule has 2 heterocycles. The zero-order chi connectivity index (χ0) is 20.9. The molecule has 2 aromatic carbocycles. The molecule has 2 aromatic heterocycles. The van der Waals surface area contributed by atoms with Crippen molar-refractivity contribution in [2.45, 2.75) is 0 Å². The first-order valence-electron chi connectivity index (χ1n) is 9.03. The summed E-state index contributed by atoms with van der Waals surface area (Å²) in [4.78, 5) is 28.9. The number of furan rings is 1. The number of amides is 2. The van der Waals surface area contributed by atoms with Crippen LogP contribution in [-0.4, -0.2) is 23.4 Å². The van der Waals surface area contributed by atoms with Crippen molar-refractivity contribution in [3.8, 4) is 27.8 Å². The van der Waals surface area contributed by atoms with Gasteiger partial charge in [-0.25, -0.2) is 4.98 Å². The molecule has 4 aromatic rings. The molecule has 0 aliphatic rings. The molecule has 7 nitrogen and oxygen atoms in total. The van der Waals surface area contributed by atoms with E-state index in [1.54, 1.807) is 42.7 Å². The molecular weight excluding hydrogens is 402 g/mol. The van der Waals surface area contributed by atoms with Crippen LogP contribution in [0, 0.1) is 0 Å². The van der Waals surface area contributed by atoms with E-state index in [1.807, 2.05) is 30.3 Å². The maximum Gasteiger partial charge on any atom is 0.268 e. The molecule has 3 N–H and O–H groups in total. The van der Waals surface area contributed by atoms with Crippen LogP contribution in [0.15, 0.2) is 77.4 Å². The summed E-state index contributed by atoms with van der Waals surface area (Å²) in [5, 5.41) is 3.50. The van der Waals surface area contributed by atoms with Gasteiger partial charge in [-0.3, -0.25) is 9.59 Å². The van der Waals surface area contributed by atoms with E-state index in [0.717, 1.165) is 5.56 Å². The van der Waals surface area contributed by atoms with Gasteiger partial charge in [0.05, 0.1) is 12.0 Å². The number of carbonyl (C=O) groups excluding carboxylic acids is 2. The smallest absolute Gasteiger partial charge is 0.268 e. The van der Waals surface area contributed by atoms with Gasteiger partial charge in [-0.15, -0.1) is 11.3 Å². The highest BCUT2D eigenvalue weighted by Crippen LogP contribution is 2.34. The van der Waals surface area contributed by atoms with Gasteiger partial charge in [0, 0.05) is 11.3 Å². The summed E-state index contributed by atoms with van der Waals surface area (Å²) >= 11 is 1.26. The Kier molecular flexibility index (Phi) is 5.58. The van der Waals surface area contributed by atoms with Crippen molar-refractivity contribution in [2.24, 2.45) is 5.73 Å². The molecular formula is C22H17N3O4S. The predicted octanol–water partition coefficient (Wildman–Crippen LogP) is 4.19. The van der Waals surface area contributed by atoms with Crippen molar-refractivity contribution in [1.82, 2.24) is 4.98 Å². The first-order chi connectivity index (χ1) is 14.6. The van der Waals surface area contributed by atoms with E-state index in [-0.39, 0.29) is 12.5 Å². The number of ether oxygens (including phenoxy) is 1. The molecule has 0 saturated carbocycles. The van der Waals surface area contributed by atoms with E-state index in [1.165, 1.54) is 11.3 Å². The van der Waals surface area contributed by atoms with Gasteiger partial charge in [0.2, 0.25) is 0 Å². The van der Waals surface area contributed by atoms with E-state index in [0.29, 0.717) is 32.8 Å². The van der Waals surface area contributed by atoms with Crippen LogP contribution in [0.4, 0.5) is 5.69 Å². The highest BCUT2D eigenvalue weighted by molar-refractivity contribution is 7.17. The molecule has 0 saturated heterocycles. The fourth-order valence-electron chi connectivity index (χ4n) is 2.75. The Morgan fingerprint density at radius 3 is 2.47 bits per heavy atom. The summed E-state index contributed by atoms with van der Waals surface area (Å²) in [7, 11) is 0. The number of benzene rings is 2. The summed E-state index contributed by atoms with van der Waals surface area (Å²) in [5.41, 5.74) is 7.08. The second-order valence-corrected chi connectivity index (χ2v) is 7.27. The number of anilines is 1. The molecule has 0 bridgehead atoms. The van der Waals surface area contributed by atoms with Crippen molar-refractivity contribution in [3.63, 3.8) is 0 Å². The van der Waals surface area contributed by atoms with Crippen LogP contribution >= 0.6 is 11.3 Å². The lowest BCUT2D eigenvalue weighted by atomic mass is 10.1. The zero-order valence-corrected chi connectivity index (χ0v) is 16.5. The standard InChI is InChI=1S/C22H17N3O4S/c23-18(26)13-29-16-10-8-15(9-11-16)24-21(27)20-19(14-5-2-1-3-6-14)25-22(30-20)17-7-4-12-28-17/h1-12H,13H2,(H2,23,26)(H,24,27). The monoisotopic (exact) mass is 419 g/mol. The number of rotatable bonds is 7. The summed E-state index contributed by atoms with van der Waals surface area (Å²) in [5.74, 6) is 0.246. The summed E-state index contributed by atoms with van der Waals surface area (Å²) < 4.78 is 10.7. The Morgan fingerprint density at radius 1 is 1.03 bits per heavy atom. The number of carbonyl (C=O) groups is 2. The third-order valence-corrected chi connectivity index (χ3v) is 5.17. The number of primary amides is 1. The number of thiazole rings is 1. The fraction of sp³-hybridized carbons (Fsp3) is 0.0455. The SMILES string of the molecule is NC(=O)COc1ccc(NC(=O)c2sc(-c3ccco3)nc2-c2ccccc2)cc1. The number of hydrogen-bond acceptors (Lipinski definition) is 6. The van der Waals surface area contributed by atoms with Gasteiger partial charge in [-0.1, -0.05) is 30.3 Å². The molecule has 150 valence electrons. The molecule has 4 rings (SSSR count). The maximum atomic E-state index is 13.0. The highest BCUT2D eigenvalue weighted by atomic mass is 32.1. The molecule has 2 amide bonds. The first-order valence-corrected chi connectivity index (χ1v) is 9.84. The molecule has 0 spiro atoms. The summed E-state index contributed by atoms with van der Waals surface area (Å²) in [6.07, 6.45) is 1.57. The van der Waals surface area contributed by atoms with Gasteiger partial charge in [0.15, 0.2) is 17.4 Å². The summed E-state index contributed by atoms with van der Waals surface area (Å²) in [6.45, 7) is -0.206. The number of nitrogens with zero attached hydrogens (tertiary/aromatic N) is 1. The van der Waals surface area contributed by atoms with Gasteiger partial charge in [0.25, 0.3) is 11.8 Å². The fourth-order valence-corrected chi connectivity index (χ4v) is 3.70. The molecule has 8 heteroatoms.